The van der Waals surface area contributed by atoms with Crippen molar-refractivity contribution in [3.05, 3.63) is 35.4 Å². The van der Waals surface area contributed by atoms with Gasteiger partial charge in [0.1, 0.15) is 0 Å². The lowest BCUT2D eigenvalue weighted by molar-refractivity contribution is -0.0117. The number of piperidine rings is 1. The van der Waals surface area contributed by atoms with E-state index in [4.69, 9.17) is 4.74 Å². The van der Waals surface area contributed by atoms with Crippen molar-refractivity contribution in [2.24, 2.45) is 5.92 Å². The number of aryl methyl sites for hydroxylation is 1. The van der Waals surface area contributed by atoms with Crippen molar-refractivity contribution in [3.63, 3.8) is 0 Å². The molecule has 0 spiro atoms. The molecule has 1 aromatic rings. The summed E-state index contributed by atoms with van der Waals surface area (Å²) in [7, 11) is 1.31. The summed E-state index contributed by atoms with van der Waals surface area (Å²) < 4.78 is 10.6. The molecule has 7 nitrogen and oxygen atoms in total. The van der Waals surface area contributed by atoms with E-state index in [1.807, 2.05) is 25.1 Å². The zero-order chi connectivity index (χ0) is 18.2. The second-order valence-electron chi connectivity index (χ2n) is 6.25. The maximum absolute atomic E-state index is 11.3. The van der Waals surface area contributed by atoms with Crippen LogP contribution >= 0.6 is 0 Å². The zero-order valence-corrected chi connectivity index (χ0v) is 14.7. The molecule has 0 radical (unpaired) electrons. The van der Waals surface area contributed by atoms with Crippen LogP contribution in [0.5, 0.6) is 0 Å². The first-order chi connectivity index (χ1) is 12.0. The number of hydrogen-bond donors (Lipinski definition) is 2. The second-order valence-corrected chi connectivity index (χ2v) is 6.25. The minimum atomic E-state index is -0.889. The van der Waals surface area contributed by atoms with Gasteiger partial charge in [0.15, 0.2) is 0 Å². The lowest BCUT2D eigenvalue weighted by Gasteiger charge is -2.35. The largest absolute Gasteiger partial charge is 0.465 e. The van der Waals surface area contributed by atoms with Crippen molar-refractivity contribution >= 4 is 12.2 Å². The molecule has 1 saturated heterocycles. The number of carbonyl (C=O) groups excluding carboxylic acids is 1. The van der Waals surface area contributed by atoms with Gasteiger partial charge in [0.25, 0.3) is 0 Å². The highest BCUT2D eigenvalue weighted by Gasteiger charge is 2.31. The highest BCUT2D eigenvalue weighted by atomic mass is 16.5. The highest BCUT2D eigenvalue weighted by Crippen LogP contribution is 2.33. The van der Waals surface area contributed by atoms with Crippen LogP contribution in [0.25, 0.3) is 0 Å². The van der Waals surface area contributed by atoms with Crippen molar-refractivity contribution in [3.8, 4) is 0 Å². The maximum Gasteiger partial charge on any atom is 0.407 e. The molecule has 7 heteroatoms. The Morgan fingerprint density at radius 1 is 1.44 bits per heavy atom. The fraction of sp³-hybridized carbons (Fsp3) is 0.556. The molecule has 2 amide bonds. The number of carbonyl (C=O) groups is 2. The van der Waals surface area contributed by atoms with Crippen LogP contribution in [-0.2, 0) is 9.47 Å². The number of amides is 2. The van der Waals surface area contributed by atoms with Crippen LogP contribution in [-0.4, -0.2) is 55.5 Å². The van der Waals surface area contributed by atoms with E-state index in [1.54, 1.807) is 0 Å². The van der Waals surface area contributed by atoms with Gasteiger partial charge < -0.3 is 24.8 Å². The Kier molecular flexibility index (Phi) is 7.06. The van der Waals surface area contributed by atoms with Gasteiger partial charge in [-0.25, -0.2) is 9.59 Å². The first-order valence-electron chi connectivity index (χ1n) is 8.49. The molecule has 2 rings (SSSR count). The van der Waals surface area contributed by atoms with Crippen molar-refractivity contribution in [2.45, 2.75) is 25.9 Å². The van der Waals surface area contributed by atoms with E-state index in [0.717, 1.165) is 24.0 Å². The zero-order valence-electron chi connectivity index (χ0n) is 14.7. The molecule has 0 bridgehead atoms. The minimum Gasteiger partial charge on any atom is -0.465 e. The Balaban J connectivity index is 2.06. The highest BCUT2D eigenvalue weighted by molar-refractivity contribution is 5.66. The molecule has 1 heterocycles. The van der Waals surface area contributed by atoms with Crippen LogP contribution in [0.15, 0.2) is 24.3 Å². The lowest BCUT2D eigenvalue weighted by Crippen LogP contribution is -2.41. The SMILES string of the molecule is COC(=O)NCCOC(c1cccc(C)c1)C1CCCN(C(=O)O)C1. The van der Waals surface area contributed by atoms with E-state index in [0.29, 0.717) is 26.2 Å². The van der Waals surface area contributed by atoms with Crippen molar-refractivity contribution in [1.82, 2.24) is 10.2 Å². The monoisotopic (exact) mass is 350 g/mol. The van der Waals surface area contributed by atoms with Crippen LogP contribution in [0, 0.1) is 12.8 Å². The second kappa shape index (κ2) is 9.27. The number of rotatable bonds is 6. The third-order valence-corrected chi connectivity index (χ3v) is 4.38. The minimum absolute atomic E-state index is 0.0878. The summed E-state index contributed by atoms with van der Waals surface area (Å²) >= 11 is 0. The number of alkyl carbamates (subject to hydrolysis) is 1. The van der Waals surface area contributed by atoms with Gasteiger partial charge in [-0.15, -0.1) is 0 Å². The van der Waals surface area contributed by atoms with Gasteiger partial charge in [0, 0.05) is 25.6 Å². The van der Waals surface area contributed by atoms with Crippen molar-refractivity contribution in [1.29, 1.82) is 0 Å². The molecule has 0 aliphatic carbocycles. The molecule has 0 aromatic heterocycles. The average molecular weight is 350 g/mol. The Hall–Kier alpha value is -2.28. The first kappa shape index (κ1) is 19.1. The number of likely N-dealkylation sites (tertiary alicyclic amines) is 1. The van der Waals surface area contributed by atoms with E-state index >= 15 is 0 Å². The van der Waals surface area contributed by atoms with Gasteiger partial charge >= 0.3 is 12.2 Å². The van der Waals surface area contributed by atoms with Gasteiger partial charge in [0.05, 0.1) is 19.8 Å². The van der Waals surface area contributed by atoms with Gasteiger partial charge in [-0.3, -0.25) is 0 Å². The Labute approximate surface area is 147 Å². The van der Waals surface area contributed by atoms with E-state index in [-0.39, 0.29) is 12.0 Å². The summed E-state index contributed by atoms with van der Waals surface area (Å²) in [5.74, 6) is 0.0878. The summed E-state index contributed by atoms with van der Waals surface area (Å²) in [5, 5.41) is 11.9. The van der Waals surface area contributed by atoms with E-state index in [9.17, 15) is 14.7 Å². The molecule has 0 saturated carbocycles. The third-order valence-electron chi connectivity index (χ3n) is 4.38. The number of hydrogen-bond acceptors (Lipinski definition) is 4. The summed E-state index contributed by atoms with van der Waals surface area (Å²) in [6.45, 7) is 3.71. The fourth-order valence-corrected chi connectivity index (χ4v) is 3.19. The van der Waals surface area contributed by atoms with Crippen LogP contribution in [0.3, 0.4) is 0 Å². The van der Waals surface area contributed by atoms with Crippen molar-refractivity contribution in [2.75, 3.05) is 33.4 Å². The van der Waals surface area contributed by atoms with Gasteiger partial charge in [-0.1, -0.05) is 29.8 Å². The normalized spacial score (nSPS) is 18.5. The molecule has 138 valence electrons. The van der Waals surface area contributed by atoms with Crippen LogP contribution in [0.4, 0.5) is 9.59 Å². The molecular weight excluding hydrogens is 324 g/mol. The summed E-state index contributed by atoms with van der Waals surface area (Å²) in [5.41, 5.74) is 2.17. The topological polar surface area (TPSA) is 88.1 Å². The predicted octanol–water partition coefficient (Wildman–Crippen LogP) is 2.80. The van der Waals surface area contributed by atoms with E-state index in [2.05, 4.69) is 16.1 Å². The summed E-state index contributed by atoms with van der Waals surface area (Å²) in [6, 6.07) is 8.07. The van der Waals surface area contributed by atoms with Gasteiger partial charge in [-0.05, 0) is 25.3 Å². The van der Waals surface area contributed by atoms with Gasteiger partial charge in [0.2, 0.25) is 0 Å². The molecule has 2 N–H and O–H groups in total. The number of carboxylic acid groups (broad SMARTS) is 1. The molecule has 1 aliphatic heterocycles. The maximum atomic E-state index is 11.3. The van der Waals surface area contributed by atoms with E-state index < -0.39 is 12.2 Å². The Bertz CT molecular complexity index is 593. The number of nitrogens with zero attached hydrogens (tertiary/aromatic N) is 1. The molecular formula is C18H26N2O5. The number of benzene rings is 1. The van der Waals surface area contributed by atoms with Crippen LogP contribution in [0.2, 0.25) is 0 Å². The standard InChI is InChI=1S/C18H26N2O5/c1-13-5-3-6-14(11-13)16(25-10-8-19-17(21)24-2)15-7-4-9-20(12-15)18(22)23/h3,5-6,11,15-16H,4,7-10,12H2,1-2H3,(H,19,21)(H,22,23). The lowest BCUT2D eigenvalue weighted by atomic mass is 9.88. The molecule has 1 fully saturated rings. The molecule has 25 heavy (non-hydrogen) atoms. The molecule has 1 aliphatic rings. The van der Waals surface area contributed by atoms with Crippen LogP contribution in [0.1, 0.15) is 30.1 Å². The Morgan fingerprint density at radius 2 is 2.24 bits per heavy atom. The van der Waals surface area contributed by atoms with E-state index in [1.165, 1.54) is 12.0 Å². The third kappa shape index (κ3) is 5.63. The Morgan fingerprint density at radius 3 is 2.92 bits per heavy atom. The number of ether oxygens (including phenoxy) is 2. The first-order valence-corrected chi connectivity index (χ1v) is 8.49. The summed E-state index contributed by atoms with van der Waals surface area (Å²) in [4.78, 5) is 23.9. The number of methoxy groups -OCH3 is 1. The van der Waals surface area contributed by atoms with Gasteiger partial charge in [-0.2, -0.15) is 0 Å². The quantitative estimate of drug-likeness (QED) is 0.770. The summed E-state index contributed by atoms with van der Waals surface area (Å²) in [6.07, 6.45) is 0.141. The van der Waals surface area contributed by atoms with Crippen LogP contribution < -0.4 is 5.32 Å². The molecule has 1 aromatic carbocycles. The number of nitrogens with one attached hydrogen (secondary N) is 1. The smallest absolute Gasteiger partial charge is 0.407 e. The van der Waals surface area contributed by atoms with Crippen molar-refractivity contribution < 1.29 is 24.2 Å². The average Bonchev–Trinajstić information content (AvgIpc) is 2.61. The molecule has 2 atom stereocenters. The fourth-order valence-electron chi connectivity index (χ4n) is 3.19. The molecule has 2 unspecified atom stereocenters. The predicted molar refractivity (Wildman–Crippen MR) is 92.6 cm³/mol.